The van der Waals surface area contributed by atoms with Crippen molar-refractivity contribution in [2.75, 3.05) is 14.2 Å². The largest absolute Gasteiger partial charge is 0.493 e. The third kappa shape index (κ3) is 2.99. The second-order valence-corrected chi connectivity index (χ2v) is 6.36. The van der Waals surface area contributed by atoms with Crippen molar-refractivity contribution in [2.24, 2.45) is 0 Å². The van der Waals surface area contributed by atoms with E-state index in [1.807, 2.05) is 30.6 Å². The van der Waals surface area contributed by atoms with E-state index in [1.165, 1.54) is 7.11 Å². The van der Waals surface area contributed by atoms with Crippen molar-refractivity contribution in [2.45, 2.75) is 20.3 Å². The fourth-order valence-corrected chi connectivity index (χ4v) is 3.01. The molecule has 0 aliphatic heterocycles. The number of aromatic amines is 1. The summed E-state index contributed by atoms with van der Waals surface area (Å²) < 4.78 is 12.4. The van der Waals surface area contributed by atoms with E-state index in [2.05, 4.69) is 19.9 Å². The Morgan fingerprint density at radius 3 is 2.52 bits per heavy atom. The van der Waals surface area contributed by atoms with Gasteiger partial charge < -0.3 is 14.5 Å². The number of H-pyrrole nitrogens is 1. The molecule has 3 aromatic heterocycles. The van der Waals surface area contributed by atoms with Crippen LogP contribution in [0, 0.1) is 13.8 Å². The van der Waals surface area contributed by atoms with Gasteiger partial charge in [0, 0.05) is 30.6 Å². The van der Waals surface area contributed by atoms with Crippen LogP contribution >= 0.6 is 0 Å². The first-order valence-electron chi connectivity index (χ1n) is 8.45. The second-order valence-electron chi connectivity index (χ2n) is 6.36. The number of nitrogens with one attached hydrogen (secondary N) is 1. The van der Waals surface area contributed by atoms with E-state index in [1.54, 1.807) is 19.2 Å². The number of rotatable bonds is 4. The third-order valence-electron chi connectivity index (χ3n) is 4.54. The fraction of sp³-hybridized carbons (Fsp3) is 0.263. The molecule has 0 unspecified atom stereocenters. The van der Waals surface area contributed by atoms with Gasteiger partial charge in [-0.15, -0.1) is 0 Å². The lowest BCUT2D eigenvalue weighted by molar-refractivity contribution is 0.355. The molecular formula is C19H19N5O3. The summed E-state index contributed by atoms with van der Waals surface area (Å²) >= 11 is 0. The highest BCUT2D eigenvalue weighted by Crippen LogP contribution is 2.30. The highest BCUT2D eigenvalue weighted by molar-refractivity contribution is 5.81. The van der Waals surface area contributed by atoms with E-state index in [-0.39, 0.29) is 5.56 Å². The highest BCUT2D eigenvalue weighted by atomic mass is 16.5. The van der Waals surface area contributed by atoms with Gasteiger partial charge in [0.1, 0.15) is 5.82 Å². The summed E-state index contributed by atoms with van der Waals surface area (Å²) in [6.45, 7) is 3.96. The number of aromatic nitrogens is 5. The molecule has 0 bridgehead atoms. The first kappa shape index (κ1) is 17.0. The molecule has 0 spiro atoms. The second kappa shape index (κ2) is 6.39. The first-order chi connectivity index (χ1) is 13.0. The predicted octanol–water partition coefficient (Wildman–Crippen LogP) is 2.19. The molecule has 138 valence electrons. The Labute approximate surface area is 154 Å². The van der Waals surface area contributed by atoms with Crippen LogP contribution in [-0.2, 0) is 6.42 Å². The van der Waals surface area contributed by atoms with Gasteiger partial charge in [-0.25, -0.2) is 15.0 Å². The van der Waals surface area contributed by atoms with Crippen molar-refractivity contribution in [1.82, 2.24) is 24.3 Å². The van der Waals surface area contributed by atoms with E-state index in [9.17, 15) is 4.79 Å². The Morgan fingerprint density at radius 2 is 1.78 bits per heavy atom. The summed E-state index contributed by atoms with van der Waals surface area (Å²) in [5.74, 6) is 2.17. The number of benzene rings is 1. The number of imidazole rings is 1. The van der Waals surface area contributed by atoms with Crippen molar-refractivity contribution in [3.8, 4) is 11.5 Å². The maximum absolute atomic E-state index is 12.5. The lowest BCUT2D eigenvalue weighted by atomic mass is 10.2. The fourth-order valence-electron chi connectivity index (χ4n) is 3.01. The van der Waals surface area contributed by atoms with Crippen molar-refractivity contribution < 1.29 is 9.47 Å². The molecule has 0 atom stereocenters. The maximum atomic E-state index is 12.5. The molecule has 0 fully saturated rings. The minimum absolute atomic E-state index is 0.232. The van der Waals surface area contributed by atoms with Crippen molar-refractivity contribution in [3.63, 3.8) is 0 Å². The van der Waals surface area contributed by atoms with Gasteiger partial charge in [0.05, 0.1) is 30.8 Å². The van der Waals surface area contributed by atoms with Crippen LogP contribution in [0.3, 0.4) is 0 Å². The molecule has 4 aromatic rings. The van der Waals surface area contributed by atoms with Crippen LogP contribution in [0.1, 0.15) is 22.8 Å². The van der Waals surface area contributed by atoms with Gasteiger partial charge in [0.25, 0.3) is 5.56 Å². The predicted molar refractivity (Wildman–Crippen MR) is 101 cm³/mol. The van der Waals surface area contributed by atoms with Gasteiger partial charge in [-0.2, -0.15) is 0 Å². The number of fused-ring (bicyclic) bond motifs is 2. The number of ether oxygens (including phenoxy) is 2. The lowest BCUT2D eigenvalue weighted by Crippen LogP contribution is -2.12. The van der Waals surface area contributed by atoms with E-state index < -0.39 is 0 Å². The van der Waals surface area contributed by atoms with Crippen LogP contribution in [0.25, 0.3) is 16.7 Å². The van der Waals surface area contributed by atoms with Crippen molar-refractivity contribution in [1.29, 1.82) is 0 Å². The van der Waals surface area contributed by atoms with Gasteiger partial charge in [-0.1, -0.05) is 0 Å². The first-order valence-corrected chi connectivity index (χ1v) is 8.45. The highest BCUT2D eigenvalue weighted by Gasteiger charge is 2.12. The average Bonchev–Trinajstić information content (AvgIpc) is 3.01. The van der Waals surface area contributed by atoms with Crippen molar-refractivity contribution >= 4 is 16.7 Å². The van der Waals surface area contributed by atoms with Gasteiger partial charge in [0.2, 0.25) is 5.78 Å². The summed E-state index contributed by atoms with van der Waals surface area (Å²) in [4.78, 5) is 28.9. The number of aryl methyl sites for hydroxylation is 2. The van der Waals surface area contributed by atoms with Gasteiger partial charge >= 0.3 is 0 Å². The molecule has 1 aromatic carbocycles. The number of hydrogen-bond donors (Lipinski definition) is 1. The van der Waals surface area contributed by atoms with Crippen LogP contribution in [0.15, 0.2) is 29.3 Å². The summed E-state index contributed by atoms with van der Waals surface area (Å²) in [5, 5.41) is 0.444. The van der Waals surface area contributed by atoms with Gasteiger partial charge in [-0.3, -0.25) is 9.20 Å². The molecule has 0 amide bonds. The van der Waals surface area contributed by atoms with E-state index in [0.717, 1.165) is 17.0 Å². The molecule has 4 rings (SSSR count). The van der Waals surface area contributed by atoms with Gasteiger partial charge in [0.15, 0.2) is 11.5 Å². The molecule has 3 heterocycles. The summed E-state index contributed by atoms with van der Waals surface area (Å²) in [6, 6.07) is 3.33. The summed E-state index contributed by atoms with van der Waals surface area (Å²) in [5.41, 5.74) is 3.11. The van der Waals surface area contributed by atoms with Crippen molar-refractivity contribution in [3.05, 3.63) is 57.7 Å². The molecule has 0 aliphatic carbocycles. The Kier molecular flexibility index (Phi) is 4.02. The molecule has 27 heavy (non-hydrogen) atoms. The van der Waals surface area contributed by atoms with Crippen LogP contribution in [0.4, 0.5) is 0 Å². The van der Waals surface area contributed by atoms with Gasteiger partial charge in [-0.05, 0) is 25.5 Å². The minimum atomic E-state index is -0.232. The van der Waals surface area contributed by atoms with Crippen LogP contribution in [0.5, 0.6) is 11.5 Å². The van der Waals surface area contributed by atoms with E-state index >= 15 is 0 Å². The van der Waals surface area contributed by atoms with E-state index in [4.69, 9.17) is 9.47 Å². The Hall–Kier alpha value is -3.42. The number of nitrogens with zero attached hydrogens (tertiary/aromatic N) is 4. The Bertz CT molecular complexity index is 1190. The molecule has 0 saturated heterocycles. The smallest absolute Gasteiger partial charge is 0.258 e. The molecule has 8 nitrogen and oxygen atoms in total. The molecule has 0 radical (unpaired) electrons. The standard InChI is InChI=1S/C19H19N5O3/c1-10-8-24-9-12(21-19(24)20-11(10)2)5-17-22-14-7-16(27-4)15(26-3)6-13(14)18(25)23-17/h6-9H,5H2,1-4H3,(H,22,23,25). The summed E-state index contributed by atoms with van der Waals surface area (Å²) in [7, 11) is 3.08. The summed E-state index contributed by atoms with van der Waals surface area (Å²) in [6.07, 6.45) is 4.27. The SMILES string of the molecule is COc1cc2nc(Cc3cn4cc(C)c(C)nc4n3)[nH]c(=O)c2cc1OC. The maximum Gasteiger partial charge on any atom is 0.258 e. The molecule has 0 saturated carbocycles. The molecule has 0 aliphatic rings. The van der Waals surface area contributed by atoms with Crippen LogP contribution in [-0.4, -0.2) is 38.6 Å². The molecule has 8 heteroatoms. The average molecular weight is 365 g/mol. The quantitative estimate of drug-likeness (QED) is 0.596. The topological polar surface area (TPSA) is 94.4 Å². The molecular weight excluding hydrogens is 346 g/mol. The van der Waals surface area contributed by atoms with Crippen LogP contribution in [0.2, 0.25) is 0 Å². The minimum Gasteiger partial charge on any atom is -0.493 e. The number of hydrogen-bond acceptors (Lipinski definition) is 6. The van der Waals surface area contributed by atoms with Crippen LogP contribution < -0.4 is 15.0 Å². The molecule has 1 N–H and O–H groups in total. The Morgan fingerprint density at radius 1 is 1.04 bits per heavy atom. The van der Waals surface area contributed by atoms with E-state index in [0.29, 0.717) is 40.4 Å². The number of methoxy groups -OCH3 is 2. The zero-order valence-corrected chi connectivity index (χ0v) is 15.5. The monoisotopic (exact) mass is 365 g/mol. The lowest BCUT2D eigenvalue weighted by Gasteiger charge is -2.09. The Balaban J connectivity index is 1.77. The zero-order chi connectivity index (χ0) is 19.1. The zero-order valence-electron chi connectivity index (χ0n) is 15.5. The normalized spacial score (nSPS) is 11.3. The third-order valence-corrected chi connectivity index (χ3v) is 4.54.